The lowest BCUT2D eigenvalue weighted by Gasteiger charge is -2.26. The Morgan fingerprint density at radius 3 is 2.77 bits per heavy atom. The van der Waals surface area contributed by atoms with Crippen LogP contribution in [0.3, 0.4) is 0 Å². The number of hydrogen-bond donors (Lipinski definition) is 0. The van der Waals surface area contributed by atoms with Gasteiger partial charge in [0.2, 0.25) is 0 Å². The van der Waals surface area contributed by atoms with E-state index in [4.69, 9.17) is 4.74 Å². The van der Waals surface area contributed by atoms with Crippen LogP contribution in [0.5, 0.6) is 5.75 Å². The molecule has 2 heterocycles. The van der Waals surface area contributed by atoms with Gasteiger partial charge in [-0.25, -0.2) is 0 Å². The van der Waals surface area contributed by atoms with Crippen molar-refractivity contribution in [1.29, 1.82) is 0 Å². The van der Waals surface area contributed by atoms with E-state index in [9.17, 15) is 4.79 Å². The molecule has 1 aliphatic heterocycles. The lowest BCUT2D eigenvalue weighted by molar-refractivity contribution is 0.219. The van der Waals surface area contributed by atoms with Crippen molar-refractivity contribution in [1.82, 2.24) is 14.5 Å². The Labute approximate surface area is 155 Å². The maximum absolute atomic E-state index is 11.3. The molecule has 5 nitrogen and oxygen atoms in total. The molecule has 1 aromatic heterocycles. The number of likely N-dealkylation sites (tertiary alicyclic amines) is 1. The minimum absolute atomic E-state index is 0.187. The van der Waals surface area contributed by atoms with Crippen LogP contribution >= 0.6 is 0 Å². The molecule has 1 aromatic carbocycles. The van der Waals surface area contributed by atoms with Gasteiger partial charge in [-0.05, 0) is 50.6 Å². The van der Waals surface area contributed by atoms with Gasteiger partial charge in [0.05, 0.1) is 12.9 Å². The molecule has 1 aliphatic rings. The van der Waals surface area contributed by atoms with Gasteiger partial charge in [0.25, 0.3) is 5.56 Å². The van der Waals surface area contributed by atoms with Crippen LogP contribution < -0.4 is 10.3 Å². The summed E-state index contributed by atoms with van der Waals surface area (Å²) in [7, 11) is 0. The van der Waals surface area contributed by atoms with Crippen molar-refractivity contribution in [3.63, 3.8) is 0 Å². The molecule has 0 radical (unpaired) electrons. The summed E-state index contributed by atoms with van der Waals surface area (Å²) in [6.07, 6.45) is 5.61. The highest BCUT2D eigenvalue weighted by Gasteiger charge is 2.11. The molecule has 0 amide bonds. The number of benzene rings is 1. The van der Waals surface area contributed by atoms with Crippen LogP contribution in [-0.2, 0) is 13.1 Å². The summed E-state index contributed by atoms with van der Waals surface area (Å²) >= 11 is 0. The van der Waals surface area contributed by atoms with E-state index in [1.807, 2.05) is 17.6 Å². The standard InChI is InChI=1S/C21H29N3O2/c1-17(13-24-16-22-21(25)11-18(24)2)15-26-20-8-6-7-19(12-20)14-23-9-4-3-5-10-23/h6-8,11-12,16-17H,3-5,9-10,13-15H2,1-2H3. The first kappa shape index (κ1) is 18.6. The summed E-state index contributed by atoms with van der Waals surface area (Å²) in [5.41, 5.74) is 2.06. The average Bonchev–Trinajstić information content (AvgIpc) is 2.64. The van der Waals surface area contributed by atoms with E-state index >= 15 is 0 Å². The van der Waals surface area contributed by atoms with Gasteiger partial charge in [0, 0.05) is 30.8 Å². The monoisotopic (exact) mass is 355 g/mol. The summed E-state index contributed by atoms with van der Waals surface area (Å²) in [5, 5.41) is 0. The van der Waals surface area contributed by atoms with Crippen molar-refractivity contribution in [3.05, 3.63) is 58.3 Å². The van der Waals surface area contributed by atoms with Crippen molar-refractivity contribution in [2.45, 2.75) is 46.2 Å². The molecule has 1 saturated heterocycles. The summed E-state index contributed by atoms with van der Waals surface area (Å²) in [5.74, 6) is 1.25. The SMILES string of the molecule is Cc1cc(=O)ncn1CC(C)COc1cccc(CN2CCCCC2)c1. The Balaban J connectivity index is 1.52. The summed E-state index contributed by atoms with van der Waals surface area (Å²) in [6.45, 7) is 8.92. The zero-order valence-electron chi connectivity index (χ0n) is 15.9. The molecule has 0 spiro atoms. The Hall–Kier alpha value is -2.14. The van der Waals surface area contributed by atoms with Gasteiger partial charge in [0.15, 0.2) is 0 Å². The molecule has 0 bridgehead atoms. The smallest absolute Gasteiger partial charge is 0.272 e. The Morgan fingerprint density at radius 1 is 1.19 bits per heavy atom. The Kier molecular flexibility index (Phi) is 6.45. The number of piperidine rings is 1. The minimum atomic E-state index is -0.187. The highest BCUT2D eigenvalue weighted by molar-refractivity contribution is 5.28. The molecule has 0 saturated carbocycles. The van der Waals surface area contributed by atoms with Gasteiger partial charge in [0.1, 0.15) is 5.75 Å². The predicted octanol–water partition coefficient (Wildman–Crippen LogP) is 3.25. The van der Waals surface area contributed by atoms with E-state index in [-0.39, 0.29) is 5.56 Å². The Morgan fingerprint density at radius 2 is 2.00 bits per heavy atom. The van der Waals surface area contributed by atoms with Gasteiger partial charge in [-0.1, -0.05) is 25.5 Å². The Bertz CT molecular complexity index is 766. The van der Waals surface area contributed by atoms with Gasteiger partial charge >= 0.3 is 0 Å². The highest BCUT2D eigenvalue weighted by Crippen LogP contribution is 2.18. The van der Waals surface area contributed by atoms with Gasteiger partial charge in [-0.15, -0.1) is 0 Å². The van der Waals surface area contributed by atoms with Crippen LogP contribution in [0, 0.1) is 12.8 Å². The molecular weight excluding hydrogens is 326 g/mol. The fourth-order valence-electron chi connectivity index (χ4n) is 3.44. The molecule has 1 unspecified atom stereocenters. The second-order valence-electron chi connectivity index (χ2n) is 7.42. The van der Waals surface area contributed by atoms with E-state index in [0.717, 1.165) is 24.5 Å². The first-order chi connectivity index (χ1) is 12.6. The third-order valence-corrected chi connectivity index (χ3v) is 4.91. The molecule has 0 aliphatic carbocycles. The average molecular weight is 355 g/mol. The quantitative estimate of drug-likeness (QED) is 0.765. The predicted molar refractivity (Wildman–Crippen MR) is 103 cm³/mol. The maximum atomic E-state index is 11.3. The topological polar surface area (TPSA) is 47.4 Å². The van der Waals surface area contributed by atoms with Crippen LogP contribution in [0.15, 0.2) is 41.5 Å². The lowest BCUT2D eigenvalue weighted by Crippen LogP contribution is -2.29. The molecule has 1 fully saturated rings. The number of aromatic nitrogens is 2. The molecule has 140 valence electrons. The van der Waals surface area contributed by atoms with Crippen molar-refractivity contribution >= 4 is 0 Å². The summed E-state index contributed by atoms with van der Waals surface area (Å²) in [4.78, 5) is 17.6. The normalized spacial score (nSPS) is 16.4. The van der Waals surface area contributed by atoms with Crippen molar-refractivity contribution < 1.29 is 4.74 Å². The zero-order chi connectivity index (χ0) is 18.4. The van der Waals surface area contributed by atoms with Crippen molar-refractivity contribution in [2.75, 3.05) is 19.7 Å². The lowest BCUT2D eigenvalue weighted by atomic mass is 10.1. The molecule has 1 atom stereocenters. The first-order valence-corrected chi connectivity index (χ1v) is 9.57. The zero-order valence-corrected chi connectivity index (χ0v) is 15.9. The second-order valence-corrected chi connectivity index (χ2v) is 7.42. The third-order valence-electron chi connectivity index (χ3n) is 4.91. The fraction of sp³-hybridized carbons (Fsp3) is 0.524. The van der Waals surface area contributed by atoms with E-state index in [2.05, 4.69) is 35.0 Å². The summed E-state index contributed by atoms with van der Waals surface area (Å²) in [6, 6.07) is 10.0. The first-order valence-electron chi connectivity index (χ1n) is 9.57. The number of hydrogen-bond acceptors (Lipinski definition) is 4. The number of rotatable bonds is 7. The largest absolute Gasteiger partial charge is 0.493 e. The van der Waals surface area contributed by atoms with Crippen molar-refractivity contribution in [3.8, 4) is 5.75 Å². The summed E-state index contributed by atoms with van der Waals surface area (Å²) < 4.78 is 8.02. The van der Waals surface area contributed by atoms with Gasteiger partial charge < -0.3 is 9.30 Å². The third kappa shape index (κ3) is 5.43. The van der Waals surface area contributed by atoms with Crippen LogP contribution in [0.2, 0.25) is 0 Å². The number of aryl methyl sites for hydroxylation is 1. The molecule has 0 N–H and O–H groups in total. The highest BCUT2D eigenvalue weighted by atomic mass is 16.5. The van der Waals surface area contributed by atoms with Gasteiger partial charge in [-0.2, -0.15) is 4.98 Å². The number of ether oxygens (including phenoxy) is 1. The number of nitrogens with zero attached hydrogens (tertiary/aromatic N) is 3. The van der Waals surface area contributed by atoms with E-state index in [1.54, 1.807) is 12.4 Å². The van der Waals surface area contributed by atoms with E-state index in [0.29, 0.717) is 12.5 Å². The molecule has 26 heavy (non-hydrogen) atoms. The van der Waals surface area contributed by atoms with Crippen LogP contribution in [0.25, 0.3) is 0 Å². The van der Waals surface area contributed by atoms with Crippen molar-refractivity contribution in [2.24, 2.45) is 5.92 Å². The minimum Gasteiger partial charge on any atom is -0.493 e. The van der Waals surface area contributed by atoms with E-state index < -0.39 is 0 Å². The molecular formula is C21H29N3O2. The van der Waals surface area contributed by atoms with Crippen LogP contribution in [0.1, 0.15) is 37.4 Å². The fourth-order valence-corrected chi connectivity index (χ4v) is 3.44. The van der Waals surface area contributed by atoms with E-state index in [1.165, 1.54) is 37.9 Å². The second kappa shape index (κ2) is 8.99. The maximum Gasteiger partial charge on any atom is 0.272 e. The molecule has 2 aromatic rings. The van der Waals surface area contributed by atoms with Crippen LogP contribution in [0.4, 0.5) is 0 Å². The molecule has 5 heteroatoms. The van der Waals surface area contributed by atoms with Gasteiger partial charge in [-0.3, -0.25) is 9.69 Å². The molecule has 3 rings (SSSR count). The van der Waals surface area contributed by atoms with Crippen LogP contribution in [-0.4, -0.2) is 34.1 Å².